The van der Waals surface area contributed by atoms with Gasteiger partial charge in [0.15, 0.2) is 6.33 Å². The van der Waals surface area contributed by atoms with Crippen molar-refractivity contribution in [2.75, 3.05) is 65.6 Å². The summed E-state index contributed by atoms with van der Waals surface area (Å²) in [6.07, 6.45) is 7.59. The number of ether oxygens (including phenoxy) is 1. The van der Waals surface area contributed by atoms with Crippen molar-refractivity contribution >= 4 is 61.4 Å². The lowest BCUT2D eigenvalue weighted by Gasteiger charge is -2.34. The third kappa shape index (κ3) is 17.8. The van der Waals surface area contributed by atoms with Crippen LogP contribution in [0.25, 0.3) is 11.4 Å². The van der Waals surface area contributed by atoms with E-state index in [1.165, 1.54) is 6.33 Å². The number of aryl methyl sites for hydroxylation is 1. The van der Waals surface area contributed by atoms with Gasteiger partial charge in [0, 0.05) is 89.6 Å². The molecule has 326 valence electrons. The van der Waals surface area contributed by atoms with Crippen LogP contribution >= 0.6 is 12.2 Å². The normalized spacial score (nSPS) is 18.8. The van der Waals surface area contributed by atoms with E-state index in [2.05, 4.69) is 44.7 Å². The van der Waals surface area contributed by atoms with Crippen molar-refractivity contribution in [3.8, 4) is 11.4 Å². The predicted molar refractivity (Wildman–Crippen MR) is 231 cm³/mol. The Morgan fingerprint density at radius 2 is 1.39 bits per heavy atom. The first-order valence-corrected chi connectivity index (χ1v) is 23.6. The highest BCUT2D eigenvalue weighted by atomic mass is 32.1. The maximum atomic E-state index is 12.9. The van der Waals surface area contributed by atoms with Crippen molar-refractivity contribution < 1.29 is 41.4 Å². The van der Waals surface area contributed by atoms with Crippen LogP contribution in [0.15, 0.2) is 54.9 Å². The molecule has 0 aliphatic carbocycles. The molecular weight excluding hydrogens is 818 g/mol. The van der Waals surface area contributed by atoms with Crippen molar-refractivity contribution in [3.63, 3.8) is 0 Å². The Labute approximate surface area is 367 Å². The molecular formula is C43H56AlN7O9S. The van der Waals surface area contributed by atoms with Gasteiger partial charge in [-0.1, -0.05) is 60.7 Å². The Bertz CT molecular complexity index is 1910. The summed E-state index contributed by atoms with van der Waals surface area (Å²) in [4.78, 5) is 68.8. The van der Waals surface area contributed by atoms with Crippen LogP contribution in [0.5, 0.6) is 0 Å². The summed E-state index contributed by atoms with van der Waals surface area (Å²) in [5.41, 5.74) is 4.01. The number of ketones is 2. The smallest absolute Gasteiger partial charge is 0.584 e. The lowest BCUT2D eigenvalue weighted by Crippen LogP contribution is -2.49. The Morgan fingerprint density at radius 3 is 2.10 bits per heavy atom. The molecule has 18 heteroatoms. The summed E-state index contributed by atoms with van der Waals surface area (Å²) in [7, 11) is 0. The number of carboxylic acid groups (broad SMARTS) is 1. The van der Waals surface area contributed by atoms with E-state index in [4.69, 9.17) is 24.5 Å². The Hall–Kier alpha value is -4.41. The van der Waals surface area contributed by atoms with Gasteiger partial charge in [0.05, 0.1) is 19.6 Å². The second-order valence-electron chi connectivity index (χ2n) is 15.6. The van der Waals surface area contributed by atoms with E-state index >= 15 is 0 Å². The molecule has 2 saturated heterocycles. The summed E-state index contributed by atoms with van der Waals surface area (Å²) in [6.45, 7) is 3.47. The minimum Gasteiger partial charge on any atom is -0.584 e. The van der Waals surface area contributed by atoms with Crippen LogP contribution in [0.4, 0.5) is 0 Å². The Balaban J connectivity index is 0.954. The van der Waals surface area contributed by atoms with Gasteiger partial charge >= 0.3 is 20.8 Å². The van der Waals surface area contributed by atoms with Gasteiger partial charge in [-0.05, 0) is 65.9 Å². The zero-order valence-corrected chi connectivity index (χ0v) is 36.9. The van der Waals surface area contributed by atoms with Crippen molar-refractivity contribution in [2.45, 2.75) is 82.5 Å². The molecule has 3 aromatic rings. The van der Waals surface area contributed by atoms with Crippen LogP contribution < -0.4 is 0 Å². The van der Waals surface area contributed by atoms with E-state index in [1.54, 1.807) is 5.79 Å². The molecule has 3 unspecified atom stereocenters. The highest BCUT2D eigenvalue weighted by Gasteiger charge is 2.34. The van der Waals surface area contributed by atoms with Crippen LogP contribution in [0.2, 0.25) is 5.79 Å². The van der Waals surface area contributed by atoms with E-state index in [0.717, 1.165) is 40.0 Å². The van der Waals surface area contributed by atoms with Gasteiger partial charge in [-0.2, -0.15) is 0 Å². The molecule has 5 rings (SSSR count). The number of hydrogen-bond donors (Lipinski definition) is 1. The number of carbonyl (C=O) groups is 5. The summed E-state index contributed by atoms with van der Waals surface area (Å²) in [5, 5.41) is 25.0. The first-order chi connectivity index (χ1) is 29.5. The van der Waals surface area contributed by atoms with Crippen molar-refractivity contribution in [3.05, 3.63) is 71.5 Å². The van der Waals surface area contributed by atoms with Gasteiger partial charge in [-0.15, -0.1) is 20.4 Å². The summed E-state index contributed by atoms with van der Waals surface area (Å²) in [6, 6.07) is 15.8. The second kappa shape index (κ2) is 25.5. The molecule has 1 N–H and O–H groups in total. The SMILES string of the molecule is [CH3][Al]1[O]C(=O)CN2CCN(CC(=O)O)CC(Cc3ccc(CC(=S)CCCOCCCC(=O)CCCC(=O)CCc4ccc(-c5nncnn5)cc4)cc3)N(CC2)CC(=O)[O]1. The van der Waals surface area contributed by atoms with Gasteiger partial charge in [-0.25, -0.2) is 0 Å². The van der Waals surface area contributed by atoms with E-state index < -0.39 is 32.7 Å². The zero-order chi connectivity index (χ0) is 43.4. The number of thiocarbonyl (C=S) groups is 1. The summed E-state index contributed by atoms with van der Waals surface area (Å²) >= 11 is 3.21. The van der Waals surface area contributed by atoms with Gasteiger partial charge in [0.25, 0.3) is 11.9 Å². The molecule has 2 bridgehead atoms. The van der Waals surface area contributed by atoms with E-state index in [1.807, 2.05) is 39.0 Å². The fraction of sp³-hybridized carbons (Fsp3) is 0.535. The quantitative estimate of drug-likeness (QED) is 0.0875. The van der Waals surface area contributed by atoms with Crippen LogP contribution in [-0.4, -0.2) is 161 Å². The molecule has 2 aromatic carbocycles. The highest BCUT2D eigenvalue weighted by Crippen LogP contribution is 2.18. The first kappa shape index (κ1) is 47.6. The van der Waals surface area contributed by atoms with Gasteiger partial charge in [0.2, 0.25) is 5.82 Å². The molecule has 1 aromatic heterocycles. The number of fused-ring (bicyclic) bond motifs is 3. The average molecular weight is 874 g/mol. The van der Waals surface area contributed by atoms with Crippen molar-refractivity contribution in [1.29, 1.82) is 0 Å². The minimum atomic E-state index is -2.48. The van der Waals surface area contributed by atoms with Crippen LogP contribution in [-0.2, 0) is 55.5 Å². The number of benzene rings is 2. The molecule has 3 atom stereocenters. The molecule has 3 heterocycles. The van der Waals surface area contributed by atoms with Crippen LogP contribution in [0.3, 0.4) is 0 Å². The fourth-order valence-corrected chi connectivity index (χ4v) is 8.70. The summed E-state index contributed by atoms with van der Waals surface area (Å²) < 4.78 is 16.7. The molecule has 2 fully saturated rings. The standard InChI is InChI=1S/C42H55N7O9S.CH3.Al/c50-36(4-1-5-37(51)17-14-31-12-15-34(16-13-31)42-45-43-30-44-46-42)6-2-22-58-23-3-7-38(59)25-33-10-8-32(9-11-33)24-35-26-48(28-40(54)55)19-18-47(27-39(52)53)20-21-49(35)29-41(56)57;;/h8-13,15-16,30,35H,1-7,14,17-29H2,(H,52,53)(H,54,55)(H,56,57);1H3;/q;;+2/p-2. The number of carboxylic acids is 1. The van der Waals surface area contributed by atoms with Crippen molar-refractivity contribution in [1.82, 2.24) is 35.1 Å². The number of Topliss-reactive ketones (excluding diaryl/α,β-unsaturated/α-hetero) is 2. The average Bonchev–Trinajstić information content (AvgIpc) is 3.28. The van der Waals surface area contributed by atoms with Crippen molar-refractivity contribution in [2.24, 2.45) is 0 Å². The van der Waals surface area contributed by atoms with Crippen LogP contribution in [0, 0.1) is 0 Å². The Morgan fingerprint density at radius 1 is 0.787 bits per heavy atom. The summed E-state index contributed by atoms with van der Waals surface area (Å²) in [5.74, 6) is 0.603. The van der Waals surface area contributed by atoms with Gasteiger partial charge in [0.1, 0.15) is 11.6 Å². The Kier molecular flexibility index (Phi) is 19.9. The molecule has 2 aliphatic rings. The maximum absolute atomic E-state index is 12.9. The number of aromatic nitrogens is 4. The van der Waals surface area contributed by atoms with Gasteiger partial charge < -0.3 is 17.4 Å². The number of rotatable bonds is 22. The van der Waals surface area contributed by atoms with E-state index in [-0.39, 0.29) is 37.2 Å². The number of nitrogens with zero attached hydrogens (tertiary/aromatic N) is 7. The third-order valence-electron chi connectivity index (χ3n) is 10.7. The van der Waals surface area contributed by atoms with Gasteiger partial charge in [-0.3, -0.25) is 38.7 Å². The molecule has 0 spiro atoms. The monoisotopic (exact) mass is 873 g/mol. The maximum Gasteiger partial charge on any atom is 0.857 e. The largest absolute Gasteiger partial charge is 0.857 e. The van der Waals surface area contributed by atoms with E-state index in [0.29, 0.717) is 110 Å². The lowest BCUT2D eigenvalue weighted by atomic mass is 10.00. The molecule has 0 radical (unpaired) electrons. The molecule has 16 nitrogen and oxygen atoms in total. The second-order valence-corrected chi connectivity index (χ2v) is 17.8. The highest BCUT2D eigenvalue weighted by molar-refractivity contribution is 7.80. The molecule has 0 saturated carbocycles. The molecule has 2 aliphatic heterocycles. The zero-order valence-electron chi connectivity index (χ0n) is 35.0. The topological polar surface area (TPSA) is 195 Å². The number of aliphatic carboxylic acids is 1. The predicted octanol–water partition coefficient (Wildman–Crippen LogP) is 3.50. The number of hydrogen-bond acceptors (Lipinski definition) is 16. The molecule has 61 heavy (non-hydrogen) atoms. The van der Waals surface area contributed by atoms with E-state index in [9.17, 15) is 29.1 Å². The number of carbonyl (C=O) groups excluding carboxylic acids is 4. The molecule has 0 amide bonds. The fourth-order valence-electron chi connectivity index (χ4n) is 7.45. The third-order valence-corrected chi connectivity index (χ3v) is 12.2. The lowest BCUT2D eigenvalue weighted by molar-refractivity contribution is -0.142. The van der Waals surface area contributed by atoms with Crippen LogP contribution in [0.1, 0.15) is 68.1 Å². The minimum absolute atomic E-state index is 0.0229. The first-order valence-electron chi connectivity index (χ1n) is 21.1.